The lowest BCUT2D eigenvalue weighted by Gasteiger charge is -2.31. The number of nitrogens with zero attached hydrogens (tertiary/aromatic N) is 2. The van der Waals surface area contributed by atoms with Crippen molar-refractivity contribution < 1.29 is 0 Å². The Hall–Kier alpha value is -1.58. The second kappa shape index (κ2) is 4.26. The van der Waals surface area contributed by atoms with Gasteiger partial charge >= 0.3 is 0 Å². The predicted octanol–water partition coefficient (Wildman–Crippen LogP) is 3.22. The molecule has 2 aromatic rings. The quantitative estimate of drug-likeness (QED) is 0.852. The third-order valence-corrected chi connectivity index (χ3v) is 4.13. The lowest BCUT2D eigenvalue weighted by Crippen LogP contribution is -2.26. The molecule has 0 aliphatic heterocycles. The maximum atomic E-state index is 4.71. The summed E-state index contributed by atoms with van der Waals surface area (Å²) in [5.74, 6) is 1.98. The van der Waals surface area contributed by atoms with Crippen molar-refractivity contribution >= 4 is 17.0 Å². The van der Waals surface area contributed by atoms with Gasteiger partial charge < -0.3 is 10.3 Å². The number of aromatic amines is 1. The lowest BCUT2D eigenvalue weighted by molar-refractivity contribution is 0.306. The van der Waals surface area contributed by atoms with Crippen molar-refractivity contribution in [2.75, 3.05) is 12.4 Å². The maximum Gasteiger partial charge on any atom is 0.179 e. The number of rotatable bonds is 2. The van der Waals surface area contributed by atoms with Crippen molar-refractivity contribution in [3.05, 3.63) is 18.0 Å². The normalized spacial score (nSPS) is 19.0. The van der Waals surface area contributed by atoms with Crippen molar-refractivity contribution in [2.45, 2.75) is 44.4 Å². The Bertz CT molecular complexity index is 552. The highest BCUT2D eigenvalue weighted by atomic mass is 15.0. The summed E-state index contributed by atoms with van der Waals surface area (Å²) in [6, 6.07) is 4.03. The standard InChI is InChI=1S/C14H20N4/c1-14(8-4-3-5-9-14)13-16-10-6-7-11(15-2)17-12(10)18-13/h6-7H,3-5,8-9H2,1-2H3,(H2,15,16,17,18). The van der Waals surface area contributed by atoms with Crippen molar-refractivity contribution in [1.29, 1.82) is 0 Å². The molecule has 18 heavy (non-hydrogen) atoms. The molecule has 1 aliphatic carbocycles. The first-order chi connectivity index (χ1) is 8.71. The van der Waals surface area contributed by atoms with Crippen LogP contribution in [0.5, 0.6) is 0 Å². The zero-order valence-electron chi connectivity index (χ0n) is 11.1. The molecule has 1 fully saturated rings. The molecule has 96 valence electrons. The fraction of sp³-hybridized carbons (Fsp3) is 0.571. The van der Waals surface area contributed by atoms with Gasteiger partial charge in [-0.3, -0.25) is 0 Å². The summed E-state index contributed by atoms with van der Waals surface area (Å²) < 4.78 is 0. The van der Waals surface area contributed by atoms with Gasteiger partial charge in [-0.05, 0) is 25.0 Å². The largest absolute Gasteiger partial charge is 0.373 e. The first-order valence-corrected chi connectivity index (χ1v) is 6.76. The molecule has 0 atom stereocenters. The van der Waals surface area contributed by atoms with Crippen molar-refractivity contribution in [2.24, 2.45) is 0 Å². The Morgan fingerprint density at radius 2 is 1.94 bits per heavy atom. The van der Waals surface area contributed by atoms with Crippen LogP contribution in [0.1, 0.15) is 44.9 Å². The monoisotopic (exact) mass is 244 g/mol. The van der Waals surface area contributed by atoms with Crippen molar-refractivity contribution in [3.63, 3.8) is 0 Å². The van der Waals surface area contributed by atoms with Gasteiger partial charge in [0.15, 0.2) is 5.65 Å². The van der Waals surface area contributed by atoms with E-state index in [0.29, 0.717) is 0 Å². The molecule has 2 aromatic heterocycles. The van der Waals surface area contributed by atoms with Crippen LogP contribution in [0.4, 0.5) is 5.82 Å². The fourth-order valence-corrected chi connectivity index (χ4v) is 2.89. The number of fused-ring (bicyclic) bond motifs is 1. The second-order valence-electron chi connectivity index (χ2n) is 5.52. The summed E-state index contributed by atoms with van der Waals surface area (Å²) in [6.45, 7) is 2.32. The molecular weight excluding hydrogens is 224 g/mol. The number of H-pyrrole nitrogens is 1. The molecule has 0 spiro atoms. The van der Waals surface area contributed by atoms with Crippen LogP contribution in [0, 0.1) is 0 Å². The van der Waals surface area contributed by atoms with Crippen LogP contribution < -0.4 is 5.32 Å². The summed E-state index contributed by atoms with van der Waals surface area (Å²) >= 11 is 0. The van der Waals surface area contributed by atoms with Crippen LogP contribution in [-0.2, 0) is 5.41 Å². The second-order valence-corrected chi connectivity index (χ2v) is 5.52. The lowest BCUT2D eigenvalue weighted by atomic mass is 9.75. The highest BCUT2D eigenvalue weighted by molar-refractivity contribution is 5.73. The predicted molar refractivity (Wildman–Crippen MR) is 73.9 cm³/mol. The topological polar surface area (TPSA) is 53.6 Å². The molecule has 1 aliphatic rings. The van der Waals surface area contributed by atoms with Crippen LogP contribution in [0.25, 0.3) is 11.2 Å². The Morgan fingerprint density at radius 3 is 2.67 bits per heavy atom. The molecule has 0 radical (unpaired) electrons. The van der Waals surface area contributed by atoms with Crippen molar-refractivity contribution in [1.82, 2.24) is 15.0 Å². The molecule has 2 N–H and O–H groups in total. The van der Waals surface area contributed by atoms with E-state index in [1.165, 1.54) is 32.1 Å². The van der Waals surface area contributed by atoms with E-state index in [4.69, 9.17) is 4.98 Å². The van der Waals surface area contributed by atoms with Gasteiger partial charge in [-0.2, -0.15) is 0 Å². The molecular formula is C14H20N4. The van der Waals surface area contributed by atoms with E-state index in [-0.39, 0.29) is 5.41 Å². The van der Waals surface area contributed by atoms with Gasteiger partial charge in [0.1, 0.15) is 11.6 Å². The first kappa shape index (κ1) is 11.5. The van der Waals surface area contributed by atoms with Crippen LogP contribution in [0.15, 0.2) is 12.1 Å². The molecule has 4 nitrogen and oxygen atoms in total. The molecule has 0 amide bonds. The Morgan fingerprint density at radius 1 is 1.17 bits per heavy atom. The van der Waals surface area contributed by atoms with Gasteiger partial charge in [0.05, 0.1) is 5.52 Å². The summed E-state index contributed by atoms with van der Waals surface area (Å²) in [4.78, 5) is 12.7. The minimum Gasteiger partial charge on any atom is -0.373 e. The summed E-state index contributed by atoms with van der Waals surface area (Å²) in [5, 5.41) is 3.05. The van der Waals surface area contributed by atoms with Gasteiger partial charge in [0.25, 0.3) is 0 Å². The van der Waals surface area contributed by atoms with Crippen LogP contribution in [0.2, 0.25) is 0 Å². The van der Waals surface area contributed by atoms with Gasteiger partial charge in [-0.1, -0.05) is 26.2 Å². The third kappa shape index (κ3) is 1.85. The number of aromatic nitrogens is 3. The Labute approximate surface area is 107 Å². The minimum atomic E-state index is 0.207. The molecule has 0 saturated heterocycles. The van der Waals surface area contributed by atoms with Gasteiger partial charge in [-0.15, -0.1) is 0 Å². The molecule has 0 unspecified atom stereocenters. The van der Waals surface area contributed by atoms with E-state index in [2.05, 4.69) is 28.3 Å². The van der Waals surface area contributed by atoms with Crippen LogP contribution in [-0.4, -0.2) is 22.0 Å². The number of imidazole rings is 1. The van der Waals surface area contributed by atoms with Gasteiger partial charge in [-0.25, -0.2) is 9.97 Å². The number of hydrogen-bond acceptors (Lipinski definition) is 3. The molecule has 0 aromatic carbocycles. The Balaban J connectivity index is 2.02. The van der Waals surface area contributed by atoms with Gasteiger partial charge in [0, 0.05) is 12.5 Å². The number of nitrogens with one attached hydrogen (secondary N) is 2. The molecule has 3 rings (SSSR count). The average molecular weight is 244 g/mol. The van der Waals surface area contributed by atoms with Crippen molar-refractivity contribution in [3.8, 4) is 0 Å². The molecule has 4 heteroatoms. The highest BCUT2D eigenvalue weighted by Crippen LogP contribution is 2.38. The van der Waals surface area contributed by atoms with E-state index in [1.54, 1.807) is 0 Å². The van der Waals surface area contributed by atoms with E-state index in [9.17, 15) is 0 Å². The fourth-order valence-electron chi connectivity index (χ4n) is 2.89. The van der Waals surface area contributed by atoms with E-state index < -0.39 is 0 Å². The first-order valence-electron chi connectivity index (χ1n) is 6.76. The zero-order valence-corrected chi connectivity index (χ0v) is 11.1. The maximum absolute atomic E-state index is 4.71. The zero-order chi connectivity index (χ0) is 12.6. The molecule has 1 saturated carbocycles. The van der Waals surface area contributed by atoms with E-state index in [1.807, 2.05) is 13.1 Å². The Kier molecular flexibility index (Phi) is 2.73. The summed E-state index contributed by atoms with van der Waals surface area (Å²) in [6.07, 6.45) is 6.43. The molecule has 0 bridgehead atoms. The van der Waals surface area contributed by atoms with E-state index >= 15 is 0 Å². The minimum absolute atomic E-state index is 0.207. The summed E-state index contributed by atoms with van der Waals surface area (Å²) in [7, 11) is 1.88. The average Bonchev–Trinajstić information content (AvgIpc) is 2.83. The van der Waals surface area contributed by atoms with Crippen LogP contribution >= 0.6 is 0 Å². The number of hydrogen-bond donors (Lipinski definition) is 2. The number of pyridine rings is 1. The van der Waals surface area contributed by atoms with E-state index in [0.717, 1.165) is 22.8 Å². The highest BCUT2D eigenvalue weighted by Gasteiger charge is 2.31. The third-order valence-electron chi connectivity index (χ3n) is 4.13. The van der Waals surface area contributed by atoms with Gasteiger partial charge in [0.2, 0.25) is 0 Å². The smallest absolute Gasteiger partial charge is 0.179 e. The summed E-state index contributed by atoms with van der Waals surface area (Å²) in [5.41, 5.74) is 2.07. The molecule has 2 heterocycles. The SMILES string of the molecule is CNc1ccc2[nH]c(C3(C)CCCCC3)nc2n1. The number of anilines is 1. The van der Waals surface area contributed by atoms with Crippen LogP contribution in [0.3, 0.4) is 0 Å².